The number of carbonyl (C=O) groups is 1. The number of rotatable bonds is 4. The molecule has 21 heavy (non-hydrogen) atoms. The topological polar surface area (TPSA) is 102 Å². The summed E-state index contributed by atoms with van der Waals surface area (Å²) >= 11 is 3.19. The van der Waals surface area contributed by atoms with Crippen LogP contribution in [0.15, 0.2) is 47.1 Å². The first-order chi connectivity index (χ1) is 9.83. The third-order valence-electron chi connectivity index (χ3n) is 2.53. The first-order valence-corrected chi connectivity index (χ1v) is 8.38. The molecule has 0 aliphatic carbocycles. The smallest absolute Gasteiger partial charge is 0.274 e. The number of hydrogen-bond donors (Lipinski definition) is 2. The van der Waals surface area contributed by atoms with Crippen LogP contribution in [0.5, 0.6) is 0 Å². The molecule has 0 fully saturated rings. The Hall–Kier alpha value is -1.77. The van der Waals surface area contributed by atoms with Gasteiger partial charge in [-0.15, -0.1) is 0 Å². The minimum absolute atomic E-state index is 0.242. The van der Waals surface area contributed by atoms with Crippen LogP contribution in [0.3, 0.4) is 0 Å². The molecule has 3 N–H and O–H groups in total. The summed E-state index contributed by atoms with van der Waals surface area (Å²) in [5, 5.41) is 7.64. The zero-order chi connectivity index (χ0) is 15.5. The van der Waals surface area contributed by atoms with Crippen LogP contribution in [0, 0.1) is 0 Å². The van der Waals surface area contributed by atoms with Gasteiger partial charge in [-0.1, -0.05) is 18.2 Å². The molecule has 0 unspecified atom stereocenters. The van der Waals surface area contributed by atoms with Gasteiger partial charge in [0.15, 0.2) is 0 Å². The van der Waals surface area contributed by atoms with Gasteiger partial charge in [-0.25, -0.2) is 18.5 Å². The van der Waals surface area contributed by atoms with Crippen molar-refractivity contribution >= 4 is 37.5 Å². The number of carbonyl (C=O) groups excluding carboxylic acids is 1. The lowest BCUT2D eigenvalue weighted by molar-refractivity contribution is 0.102. The van der Waals surface area contributed by atoms with Crippen molar-refractivity contribution in [3.8, 4) is 0 Å². The lowest BCUT2D eigenvalue weighted by Gasteiger charge is -2.06. The van der Waals surface area contributed by atoms with Crippen LogP contribution >= 0.6 is 15.9 Å². The summed E-state index contributed by atoms with van der Waals surface area (Å²) < 4.78 is 22.5. The van der Waals surface area contributed by atoms with E-state index in [-0.39, 0.29) is 17.4 Å². The number of sulfonamides is 1. The minimum atomic E-state index is -3.56. The summed E-state index contributed by atoms with van der Waals surface area (Å²) in [7, 11) is -3.56. The average molecular weight is 370 g/mol. The first kappa shape index (κ1) is 15.6. The number of benzene rings is 1. The molecule has 0 saturated heterocycles. The molecule has 0 aliphatic rings. The largest absolute Gasteiger partial charge is 0.321 e. The van der Waals surface area contributed by atoms with Crippen LogP contribution in [0.25, 0.3) is 0 Å². The van der Waals surface area contributed by atoms with Crippen molar-refractivity contribution in [1.29, 1.82) is 0 Å². The second-order valence-corrected chi connectivity index (χ2v) is 6.73. The zero-order valence-corrected chi connectivity index (χ0v) is 13.2. The van der Waals surface area contributed by atoms with Crippen LogP contribution in [0.1, 0.15) is 16.1 Å². The van der Waals surface area contributed by atoms with Gasteiger partial charge in [0.1, 0.15) is 10.3 Å². The fourth-order valence-electron chi connectivity index (χ4n) is 1.65. The third-order valence-corrected chi connectivity index (χ3v) is 3.70. The number of hydrogen-bond acceptors (Lipinski definition) is 4. The molecule has 2 rings (SSSR count). The fraction of sp³-hybridized carbons (Fsp3) is 0.0769. The third kappa shape index (κ3) is 4.92. The fourth-order valence-corrected chi connectivity index (χ4v) is 2.65. The van der Waals surface area contributed by atoms with Gasteiger partial charge in [0.05, 0.1) is 5.75 Å². The highest BCUT2D eigenvalue weighted by atomic mass is 79.9. The Morgan fingerprint density at radius 1 is 1.19 bits per heavy atom. The van der Waals surface area contributed by atoms with Gasteiger partial charge in [-0.2, -0.15) is 0 Å². The number of nitrogens with one attached hydrogen (secondary N) is 1. The predicted molar refractivity (Wildman–Crippen MR) is 83.1 cm³/mol. The quantitative estimate of drug-likeness (QED) is 0.803. The van der Waals surface area contributed by atoms with E-state index in [4.69, 9.17) is 5.14 Å². The summed E-state index contributed by atoms with van der Waals surface area (Å²) in [6, 6.07) is 11.4. The van der Waals surface area contributed by atoms with Gasteiger partial charge in [0.25, 0.3) is 5.91 Å². The van der Waals surface area contributed by atoms with Crippen molar-refractivity contribution in [1.82, 2.24) is 4.98 Å². The lowest BCUT2D eigenvalue weighted by Crippen LogP contribution is -2.15. The van der Waals surface area contributed by atoms with Gasteiger partial charge in [0, 0.05) is 5.69 Å². The lowest BCUT2D eigenvalue weighted by atomic mass is 10.2. The molecule has 0 aliphatic heterocycles. The standard InChI is InChI=1S/C13H12BrN3O3S/c14-12-3-1-2-11(17-12)13(18)16-10-6-4-9(5-7-10)8-21(15,19)20/h1-7H,8H2,(H,16,18)(H2,15,19,20). The molecule has 0 saturated carbocycles. The maximum absolute atomic E-state index is 12.0. The molecule has 1 aromatic carbocycles. The second-order valence-electron chi connectivity index (χ2n) is 4.30. The molecule has 8 heteroatoms. The van der Waals surface area contributed by atoms with Crippen LogP contribution in [-0.4, -0.2) is 19.3 Å². The number of aromatic nitrogens is 1. The highest BCUT2D eigenvalue weighted by molar-refractivity contribution is 9.10. The SMILES string of the molecule is NS(=O)(=O)Cc1ccc(NC(=O)c2cccc(Br)n2)cc1. The molecular formula is C13H12BrN3O3S. The van der Waals surface area contributed by atoms with E-state index in [9.17, 15) is 13.2 Å². The molecule has 1 amide bonds. The predicted octanol–water partition coefficient (Wildman–Crippen LogP) is 1.88. The number of nitrogens with zero attached hydrogens (tertiary/aromatic N) is 1. The van der Waals surface area contributed by atoms with E-state index in [2.05, 4.69) is 26.2 Å². The molecule has 0 spiro atoms. The number of nitrogens with two attached hydrogens (primary N) is 1. The van der Waals surface area contributed by atoms with Crippen molar-refractivity contribution in [2.75, 3.05) is 5.32 Å². The molecule has 1 aromatic heterocycles. The normalized spacial score (nSPS) is 11.1. The van der Waals surface area contributed by atoms with Crippen LogP contribution in [0.4, 0.5) is 5.69 Å². The first-order valence-electron chi connectivity index (χ1n) is 5.87. The average Bonchev–Trinajstić information content (AvgIpc) is 2.39. The van der Waals surface area contributed by atoms with E-state index < -0.39 is 10.0 Å². The summed E-state index contributed by atoms with van der Waals surface area (Å²) in [5.74, 6) is -0.593. The summed E-state index contributed by atoms with van der Waals surface area (Å²) in [5.41, 5.74) is 1.37. The highest BCUT2D eigenvalue weighted by Crippen LogP contribution is 2.13. The Balaban J connectivity index is 2.08. The van der Waals surface area contributed by atoms with Crippen molar-refractivity contribution in [3.63, 3.8) is 0 Å². The highest BCUT2D eigenvalue weighted by Gasteiger charge is 2.09. The number of pyridine rings is 1. The van der Waals surface area contributed by atoms with Gasteiger partial charge >= 0.3 is 0 Å². The van der Waals surface area contributed by atoms with Gasteiger partial charge < -0.3 is 5.32 Å². The van der Waals surface area contributed by atoms with E-state index in [0.717, 1.165) is 0 Å². The number of anilines is 1. The number of amides is 1. The molecule has 0 radical (unpaired) electrons. The molecule has 1 heterocycles. The Labute approximate surface area is 130 Å². The maximum atomic E-state index is 12.0. The molecule has 6 nitrogen and oxygen atoms in total. The minimum Gasteiger partial charge on any atom is -0.321 e. The van der Waals surface area contributed by atoms with Crippen molar-refractivity contribution in [3.05, 3.63) is 58.3 Å². The summed E-state index contributed by atoms with van der Waals surface area (Å²) in [4.78, 5) is 16.0. The Bertz CT molecular complexity index is 760. The van der Waals surface area contributed by atoms with Gasteiger partial charge in [0.2, 0.25) is 10.0 Å². The number of primary sulfonamides is 1. The monoisotopic (exact) mass is 369 g/mol. The zero-order valence-electron chi connectivity index (χ0n) is 10.8. The Morgan fingerprint density at radius 2 is 1.86 bits per heavy atom. The van der Waals surface area contributed by atoms with Gasteiger partial charge in [-0.3, -0.25) is 4.79 Å². The molecule has 2 aromatic rings. The van der Waals surface area contributed by atoms with E-state index in [0.29, 0.717) is 15.9 Å². The molecule has 0 bridgehead atoms. The van der Waals surface area contributed by atoms with E-state index in [1.807, 2.05) is 0 Å². The van der Waals surface area contributed by atoms with Gasteiger partial charge in [-0.05, 0) is 45.8 Å². The van der Waals surface area contributed by atoms with Crippen molar-refractivity contribution in [2.45, 2.75) is 5.75 Å². The van der Waals surface area contributed by atoms with E-state index in [1.165, 1.54) is 0 Å². The number of halogens is 1. The van der Waals surface area contributed by atoms with E-state index >= 15 is 0 Å². The maximum Gasteiger partial charge on any atom is 0.274 e. The van der Waals surface area contributed by atoms with Crippen molar-refractivity contribution in [2.24, 2.45) is 5.14 Å². The van der Waals surface area contributed by atoms with Crippen LogP contribution in [-0.2, 0) is 15.8 Å². The van der Waals surface area contributed by atoms with Crippen molar-refractivity contribution < 1.29 is 13.2 Å². The summed E-state index contributed by atoms with van der Waals surface area (Å²) in [6.07, 6.45) is 0. The second kappa shape index (κ2) is 6.33. The Morgan fingerprint density at radius 3 is 2.43 bits per heavy atom. The molecule has 0 atom stereocenters. The van der Waals surface area contributed by atoms with E-state index in [1.54, 1.807) is 42.5 Å². The molecule has 110 valence electrons. The van der Waals surface area contributed by atoms with Crippen LogP contribution in [0.2, 0.25) is 0 Å². The summed E-state index contributed by atoms with van der Waals surface area (Å²) in [6.45, 7) is 0. The Kier molecular flexibility index (Phi) is 4.71. The van der Waals surface area contributed by atoms with Crippen LogP contribution < -0.4 is 10.5 Å². The molecular weight excluding hydrogens is 358 g/mol.